The van der Waals surface area contributed by atoms with Crippen LogP contribution in [0, 0.1) is 13.8 Å². The second-order valence-corrected chi connectivity index (χ2v) is 6.40. The van der Waals surface area contributed by atoms with Crippen molar-refractivity contribution in [2.75, 3.05) is 0 Å². The molecular formula is C20H23N3O3. The molecule has 0 radical (unpaired) electrons. The van der Waals surface area contributed by atoms with Crippen molar-refractivity contribution in [2.45, 2.75) is 46.7 Å². The number of aryl methyl sites for hydroxylation is 4. The number of nitrogens with one attached hydrogen (secondary N) is 1. The maximum Gasteiger partial charge on any atom is 0.264 e. The third-order valence-corrected chi connectivity index (χ3v) is 4.66. The molecule has 2 aromatic heterocycles. The minimum atomic E-state index is -0.174. The zero-order valence-electron chi connectivity index (χ0n) is 15.3. The topological polar surface area (TPSA) is 77.1 Å². The molecule has 0 fully saturated rings. The smallest absolute Gasteiger partial charge is 0.264 e. The average molecular weight is 353 g/mol. The van der Waals surface area contributed by atoms with Gasteiger partial charge in [0.1, 0.15) is 17.5 Å². The van der Waals surface area contributed by atoms with Crippen molar-refractivity contribution in [3.8, 4) is 0 Å². The molecule has 0 bridgehead atoms. The predicted octanol–water partition coefficient (Wildman–Crippen LogP) is 2.88. The summed E-state index contributed by atoms with van der Waals surface area (Å²) >= 11 is 0. The molecule has 3 rings (SSSR count). The van der Waals surface area contributed by atoms with Crippen LogP contribution in [0.5, 0.6) is 0 Å². The predicted molar refractivity (Wildman–Crippen MR) is 100 cm³/mol. The number of hydrogen-bond acceptors (Lipinski definition) is 4. The number of nitrogens with zero attached hydrogens (tertiary/aromatic N) is 2. The standard InChI is InChI=1S/C20H23N3O3/c1-4-15-5-7-16(8-6-15)11-21-17(24)9-10-23-12-22-19-18(20(23)25)13(2)14(3)26-19/h5-8,12H,4,9-11H2,1-3H3,(H,21,24). The number of furan rings is 1. The van der Waals surface area contributed by atoms with Crippen LogP contribution in [0.2, 0.25) is 0 Å². The molecule has 0 aliphatic heterocycles. The first-order valence-electron chi connectivity index (χ1n) is 8.79. The van der Waals surface area contributed by atoms with Crippen LogP contribution in [0.3, 0.4) is 0 Å². The maximum atomic E-state index is 12.5. The number of aromatic nitrogens is 2. The maximum absolute atomic E-state index is 12.5. The van der Waals surface area contributed by atoms with E-state index in [1.807, 2.05) is 19.1 Å². The van der Waals surface area contributed by atoms with Gasteiger partial charge in [0.15, 0.2) is 0 Å². The molecule has 26 heavy (non-hydrogen) atoms. The van der Waals surface area contributed by atoms with Crippen molar-refractivity contribution in [2.24, 2.45) is 0 Å². The highest BCUT2D eigenvalue weighted by Gasteiger charge is 2.14. The van der Waals surface area contributed by atoms with E-state index in [0.717, 1.165) is 17.5 Å². The van der Waals surface area contributed by atoms with E-state index in [0.29, 0.717) is 23.4 Å². The van der Waals surface area contributed by atoms with Gasteiger partial charge in [-0.1, -0.05) is 31.2 Å². The van der Waals surface area contributed by atoms with Gasteiger partial charge in [-0.3, -0.25) is 14.2 Å². The lowest BCUT2D eigenvalue weighted by Crippen LogP contribution is -2.27. The number of carbonyl (C=O) groups excluding carboxylic acids is 1. The molecule has 2 heterocycles. The van der Waals surface area contributed by atoms with E-state index in [1.165, 1.54) is 16.5 Å². The van der Waals surface area contributed by atoms with E-state index >= 15 is 0 Å². The Hall–Kier alpha value is -2.89. The van der Waals surface area contributed by atoms with Gasteiger partial charge in [-0.15, -0.1) is 0 Å². The summed E-state index contributed by atoms with van der Waals surface area (Å²) in [4.78, 5) is 28.8. The van der Waals surface area contributed by atoms with Crippen LogP contribution in [-0.4, -0.2) is 15.5 Å². The average Bonchev–Trinajstić information content (AvgIpc) is 2.94. The molecule has 3 aromatic rings. The van der Waals surface area contributed by atoms with Gasteiger partial charge in [-0.05, 0) is 31.4 Å². The highest BCUT2D eigenvalue weighted by molar-refractivity contribution is 5.77. The number of carbonyl (C=O) groups is 1. The molecule has 136 valence electrons. The van der Waals surface area contributed by atoms with Crippen LogP contribution in [-0.2, 0) is 24.3 Å². The minimum Gasteiger partial charge on any atom is -0.443 e. The van der Waals surface area contributed by atoms with Crippen LogP contribution in [0.15, 0.2) is 39.8 Å². The van der Waals surface area contributed by atoms with Crippen LogP contribution in [0.1, 0.15) is 35.8 Å². The number of amides is 1. The van der Waals surface area contributed by atoms with Crippen molar-refractivity contribution >= 4 is 17.0 Å². The van der Waals surface area contributed by atoms with Gasteiger partial charge in [-0.2, -0.15) is 0 Å². The number of benzene rings is 1. The number of rotatable bonds is 6. The molecule has 1 N–H and O–H groups in total. The molecule has 1 amide bonds. The lowest BCUT2D eigenvalue weighted by atomic mass is 10.1. The van der Waals surface area contributed by atoms with E-state index in [1.54, 1.807) is 6.92 Å². The van der Waals surface area contributed by atoms with Gasteiger partial charge < -0.3 is 9.73 Å². The molecule has 0 saturated heterocycles. The number of fused-ring (bicyclic) bond motifs is 1. The Balaban J connectivity index is 1.60. The van der Waals surface area contributed by atoms with Crippen LogP contribution >= 0.6 is 0 Å². The Bertz CT molecular complexity index is 984. The normalized spacial score (nSPS) is 11.0. The van der Waals surface area contributed by atoms with Gasteiger partial charge in [-0.25, -0.2) is 4.98 Å². The SMILES string of the molecule is CCc1ccc(CNC(=O)CCn2cnc3oc(C)c(C)c3c2=O)cc1. The first-order valence-corrected chi connectivity index (χ1v) is 8.79. The monoisotopic (exact) mass is 353 g/mol. The van der Waals surface area contributed by atoms with Crippen LogP contribution in [0.4, 0.5) is 0 Å². The number of hydrogen-bond donors (Lipinski definition) is 1. The van der Waals surface area contributed by atoms with Gasteiger partial charge in [0, 0.05) is 25.1 Å². The van der Waals surface area contributed by atoms with E-state index in [-0.39, 0.29) is 24.4 Å². The second-order valence-electron chi connectivity index (χ2n) is 6.40. The third kappa shape index (κ3) is 3.69. The van der Waals surface area contributed by atoms with Crippen molar-refractivity contribution in [1.82, 2.24) is 14.9 Å². The van der Waals surface area contributed by atoms with Crippen LogP contribution < -0.4 is 10.9 Å². The van der Waals surface area contributed by atoms with Crippen molar-refractivity contribution in [3.05, 3.63) is 63.4 Å². The van der Waals surface area contributed by atoms with Crippen molar-refractivity contribution in [1.29, 1.82) is 0 Å². The van der Waals surface area contributed by atoms with Gasteiger partial charge in [0.2, 0.25) is 11.6 Å². The van der Waals surface area contributed by atoms with Crippen molar-refractivity contribution in [3.63, 3.8) is 0 Å². The fourth-order valence-corrected chi connectivity index (χ4v) is 2.83. The molecular weight excluding hydrogens is 330 g/mol. The van der Waals surface area contributed by atoms with E-state index < -0.39 is 0 Å². The minimum absolute atomic E-state index is 0.100. The summed E-state index contributed by atoms with van der Waals surface area (Å²) in [6.45, 7) is 6.52. The summed E-state index contributed by atoms with van der Waals surface area (Å²) in [6.07, 6.45) is 2.65. The van der Waals surface area contributed by atoms with Gasteiger partial charge in [0.25, 0.3) is 5.56 Å². The fraction of sp³-hybridized carbons (Fsp3) is 0.350. The summed E-state index contributed by atoms with van der Waals surface area (Å²) in [7, 11) is 0. The largest absolute Gasteiger partial charge is 0.443 e. The summed E-state index contributed by atoms with van der Waals surface area (Å²) in [5.74, 6) is 0.589. The summed E-state index contributed by atoms with van der Waals surface area (Å²) < 4.78 is 6.92. The lowest BCUT2D eigenvalue weighted by Gasteiger charge is -2.07. The summed E-state index contributed by atoms with van der Waals surface area (Å²) in [6, 6.07) is 8.17. The Morgan fingerprint density at radius 2 is 1.88 bits per heavy atom. The zero-order valence-corrected chi connectivity index (χ0v) is 15.3. The van der Waals surface area contributed by atoms with E-state index in [2.05, 4.69) is 29.4 Å². The molecule has 6 nitrogen and oxygen atoms in total. The first kappa shape index (κ1) is 17.9. The Labute approximate surface area is 151 Å². The molecule has 6 heteroatoms. The third-order valence-electron chi connectivity index (χ3n) is 4.66. The highest BCUT2D eigenvalue weighted by Crippen LogP contribution is 2.19. The van der Waals surface area contributed by atoms with Crippen molar-refractivity contribution < 1.29 is 9.21 Å². The summed E-state index contributed by atoms with van der Waals surface area (Å²) in [5, 5.41) is 3.37. The summed E-state index contributed by atoms with van der Waals surface area (Å²) in [5.41, 5.74) is 3.30. The molecule has 0 saturated carbocycles. The molecule has 0 aliphatic rings. The second kappa shape index (κ2) is 7.56. The zero-order chi connectivity index (χ0) is 18.7. The van der Waals surface area contributed by atoms with Gasteiger partial charge in [0.05, 0.1) is 0 Å². The molecule has 0 aliphatic carbocycles. The molecule has 1 aromatic carbocycles. The molecule has 0 atom stereocenters. The fourth-order valence-electron chi connectivity index (χ4n) is 2.83. The van der Waals surface area contributed by atoms with Crippen LogP contribution in [0.25, 0.3) is 11.1 Å². The molecule has 0 spiro atoms. The van der Waals surface area contributed by atoms with E-state index in [9.17, 15) is 9.59 Å². The Morgan fingerprint density at radius 3 is 2.58 bits per heavy atom. The molecule has 0 unspecified atom stereocenters. The Kier molecular flexibility index (Phi) is 5.21. The first-order chi connectivity index (χ1) is 12.5. The Morgan fingerprint density at radius 1 is 1.19 bits per heavy atom. The highest BCUT2D eigenvalue weighted by atomic mass is 16.3. The lowest BCUT2D eigenvalue weighted by molar-refractivity contribution is -0.121. The van der Waals surface area contributed by atoms with E-state index in [4.69, 9.17) is 4.42 Å². The van der Waals surface area contributed by atoms with Gasteiger partial charge >= 0.3 is 0 Å². The quantitative estimate of drug-likeness (QED) is 0.739.